The van der Waals surface area contributed by atoms with E-state index in [0.29, 0.717) is 25.1 Å². The van der Waals surface area contributed by atoms with Crippen LogP contribution in [0.25, 0.3) is 0 Å². The molecule has 20 heavy (non-hydrogen) atoms. The molecule has 0 aliphatic carbocycles. The SMILES string of the molecule is CNCC1CCN(S(=O)(=O)c2cc(F)cc(F)c2)CC1. The fourth-order valence-electron chi connectivity index (χ4n) is 2.47. The van der Waals surface area contributed by atoms with Gasteiger partial charge in [-0.25, -0.2) is 17.2 Å². The Morgan fingerprint density at radius 1 is 1.20 bits per heavy atom. The minimum absolute atomic E-state index is 0.318. The molecule has 0 amide bonds. The van der Waals surface area contributed by atoms with Crippen molar-refractivity contribution in [3.05, 3.63) is 29.8 Å². The summed E-state index contributed by atoms with van der Waals surface area (Å²) in [4.78, 5) is -0.318. The first kappa shape index (κ1) is 15.3. The smallest absolute Gasteiger partial charge is 0.243 e. The van der Waals surface area contributed by atoms with Crippen molar-refractivity contribution < 1.29 is 17.2 Å². The highest BCUT2D eigenvalue weighted by atomic mass is 32.2. The highest BCUT2D eigenvalue weighted by molar-refractivity contribution is 7.89. The molecule has 1 aromatic rings. The van der Waals surface area contributed by atoms with Gasteiger partial charge in [0.25, 0.3) is 0 Å². The van der Waals surface area contributed by atoms with Crippen molar-refractivity contribution in [3.8, 4) is 0 Å². The molecular weight excluding hydrogens is 286 g/mol. The van der Waals surface area contributed by atoms with Crippen LogP contribution in [0.5, 0.6) is 0 Å². The average molecular weight is 304 g/mol. The fourth-order valence-corrected chi connectivity index (χ4v) is 3.98. The molecule has 1 heterocycles. The molecule has 2 rings (SSSR count). The molecule has 1 aliphatic rings. The van der Waals surface area contributed by atoms with E-state index in [4.69, 9.17) is 0 Å². The lowest BCUT2D eigenvalue weighted by atomic mass is 9.98. The van der Waals surface area contributed by atoms with Gasteiger partial charge in [0.2, 0.25) is 10.0 Å². The van der Waals surface area contributed by atoms with Gasteiger partial charge in [0.05, 0.1) is 4.90 Å². The Labute approximate surface area is 117 Å². The van der Waals surface area contributed by atoms with Crippen LogP contribution in [-0.4, -0.2) is 39.4 Å². The van der Waals surface area contributed by atoms with Crippen molar-refractivity contribution in [2.45, 2.75) is 17.7 Å². The number of nitrogens with one attached hydrogen (secondary N) is 1. The van der Waals surface area contributed by atoms with Crippen LogP contribution in [0.1, 0.15) is 12.8 Å². The molecule has 4 nitrogen and oxygen atoms in total. The summed E-state index contributed by atoms with van der Waals surface area (Å²) in [7, 11) is -1.95. The molecule has 0 atom stereocenters. The van der Waals surface area contributed by atoms with E-state index in [-0.39, 0.29) is 4.90 Å². The molecular formula is C13H18F2N2O2S. The largest absolute Gasteiger partial charge is 0.319 e. The maximum atomic E-state index is 13.2. The lowest BCUT2D eigenvalue weighted by molar-refractivity contribution is 0.270. The Kier molecular flexibility index (Phi) is 4.72. The summed E-state index contributed by atoms with van der Waals surface area (Å²) in [5, 5.41) is 3.07. The first-order valence-electron chi connectivity index (χ1n) is 6.54. The maximum Gasteiger partial charge on any atom is 0.243 e. The van der Waals surface area contributed by atoms with Crippen LogP contribution in [0.4, 0.5) is 8.78 Å². The molecule has 7 heteroatoms. The van der Waals surface area contributed by atoms with E-state index in [9.17, 15) is 17.2 Å². The summed E-state index contributed by atoms with van der Waals surface area (Å²) in [6.07, 6.45) is 1.50. The highest BCUT2D eigenvalue weighted by Gasteiger charge is 2.29. The molecule has 0 radical (unpaired) electrons. The Balaban J connectivity index is 2.15. The van der Waals surface area contributed by atoms with E-state index in [0.717, 1.165) is 31.5 Å². The van der Waals surface area contributed by atoms with Crippen molar-refractivity contribution in [2.75, 3.05) is 26.7 Å². The van der Waals surface area contributed by atoms with Gasteiger partial charge in [-0.15, -0.1) is 0 Å². The number of halogens is 2. The molecule has 112 valence electrons. The Morgan fingerprint density at radius 3 is 2.25 bits per heavy atom. The van der Waals surface area contributed by atoms with Gasteiger partial charge < -0.3 is 5.32 Å². The maximum absolute atomic E-state index is 13.2. The zero-order chi connectivity index (χ0) is 14.8. The van der Waals surface area contributed by atoms with Crippen molar-refractivity contribution in [3.63, 3.8) is 0 Å². The van der Waals surface area contributed by atoms with E-state index in [2.05, 4.69) is 5.32 Å². The Hall–Kier alpha value is -1.05. The average Bonchev–Trinajstić information content (AvgIpc) is 2.38. The van der Waals surface area contributed by atoms with Crippen molar-refractivity contribution in [1.82, 2.24) is 9.62 Å². The molecule has 0 aromatic heterocycles. The minimum atomic E-state index is -3.81. The van der Waals surface area contributed by atoms with Gasteiger partial charge in [-0.2, -0.15) is 4.31 Å². The second-order valence-corrected chi connectivity index (χ2v) is 6.95. The monoisotopic (exact) mass is 304 g/mol. The summed E-state index contributed by atoms with van der Waals surface area (Å²) >= 11 is 0. The van der Waals surface area contributed by atoms with Crippen LogP contribution in [-0.2, 0) is 10.0 Å². The van der Waals surface area contributed by atoms with Crippen LogP contribution < -0.4 is 5.32 Å². The van der Waals surface area contributed by atoms with Crippen molar-refractivity contribution >= 4 is 10.0 Å². The molecule has 1 N–H and O–H groups in total. The predicted octanol–water partition coefficient (Wildman–Crippen LogP) is 1.58. The number of sulfonamides is 1. The third-order valence-electron chi connectivity index (χ3n) is 3.54. The van der Waals surface area contributed by atoms with Crippen LogP contribution in [0.3, 0.4) is 0 Å². The summed E-state index contributed by atoms with van der Waals surface area (Å²) in [5.41, 5.74) is 0. The number of nitrogens with zero attached hydrogens (tertiary/aromatic N) is 1. The molecule has 1 fully saturated rings. The lowest BCUT2D eigenvalue weighted by Crippen LogP contribution is -2.40. The summed E-state index contributed by atoms with van der Waals surface area (Å²) in [5.74, 6) is -1.32. The van der Waals surface area contributed by atoms with Crippen LogP contribution in [0.2, 0.25) is 0 Å². The third kappa shape index (κ3) is 3.34. The van der Waals surface area contributed by atoms with Crippen molar-refractivity contribution in [1.29, 1.82) is 0 Å². The van der Waals surface area contributed by atoms with Gasteiger partial charge >= 0.3 is 0 Å². The van der Waals surface area contributed by atoms with Gasteiger partial charge in [0, 0.05) is 19.2 Å². The van der Waals surface area contributed by atoms with Crippen LogP contribution in [0, 0.1) is 17.6 Å². The molecule has 0 unspecified atom stereocenters. The number of piperidine rings is 1. The van der Waals surface area contributed by atoms with Gasteiger partial charge in [0.15, 0.2) is 0 Å². The van der Waals surface area contributed by atoms with Gasteiger partial charge in [-0.3, -0.25) is 0 Å². The number of hydrogen-bond donors (Lipinski definition) is 1. The highest BCUT2D eigenvalue weighted by Crippen LogP contribution is 2.24. The Bertz CT molecular complexity index is 549. The lowest BCUT2D eigenvalue weighted by Gasteiger charge is -2.31. The zero-order valence-corrected chi connectivity index (χ0v) is 12.1. The zero-order valence-electron chi connectivity index (χ0n) is 11.3. The van der Waals surface area contributed by atoms with Gasteiger partial charge in [-0.1, -0.05) is 0 Å². The fraction of sp³-hybridized carbons (Fsp3) is 0.538. The van der Waals surface area contributed by atoms with E-state index < -0.39 is 21.7 Å². The summed E-state index contributed by atoms with van der Waals surface area (Å²) in [6, 6.07) is 2.38. The topological polar surface area (TPSA) is 49.4 Å². The summed E-state index contributed by atoms with van der Waals surface area (Å²) < 4.78 is 52.3. The van der Waals surface area contributed by atoms with Gasteiger partial charge in [-0.05, 0) is 44.5 Å². The number of rotatable bonds is 4. The third-order valence-corrected chi connectivity index (χ3v) is 5.42. The molecule has 1 saturated heterocycles. The Morgan fingerprint density at radius 2 is 1.75 bits per heavy atom. The van der Waals surface area contributed by atoms with E-state index in [1.165, 1.54) is 4.31 Å². The second kappa shape index (κ2) is 6.15. The predicted molar refractivity (Wildman–Crippen MR) is 71.8 cm³/mol. The molecule has 0 saturated carbocycles. The first-order valence-corrected chi connectivity index (χ1v) is 7.98. The summed E-state index contributed by atoms with van der Waals surface area (Å²) in [6.45, 7) is 1.61. The van der Waals surface area contributed by atoms with Gasteiger partial charge in [0.1, 0.15) is 11.6 Å². The standard InChI is InChI=1S/C13H18F2N2O2S/c1-16-9-10-2-4-17(5-3-10)20(18,19)13-7-11(14)6-12(15)8-13/h6-8,10,16H,2-5,9H2,1H3. The quantitative estimate of drug-likeness (QED) is 0.919. The first-order chi connectivity index (χ1) is 9.43. The second-order valence-electron chi connectivity index (χ2n) is 5.01. The van der Waals surface area contributed by atoms with Crippen LogP contribution in [0.15, 0.2) is 23.1 Å². The minimum Gasteiger partial charge on any atom is -0.319 e. The molecule has 0 spiro atoms. The normalized spacial score (nSPS) is 18.4. The molecule has 0 bridgehead atoms. The van der Waals surface area contributed by atoms with E-state index >= 15 is 0 Å². The number of hydrogen-bond acceptors (Lipinski definition) is 3. The van der Waals surface area contributed by atoms with Crippen LogP contribution >= 0.6 is 0 Å². The molecule has 1 aromatic carbocycles. The molecule has 1 aliphatic heterocycles. The van der Waals surface area contributed by atoms with E-state index in [1.807, 2.05) is 7.05 Å². The van der Waals surface area contributed by atoms with E-state index in [1.54, 1.807) is 0 Å². The number of benzene rings is 1. The van der Waals surface area contributed by atoms with Crippen molar-refractivity contribution in [2.24, 2.45) is 5.92 Å².